The van der Waals surface area contributed by atoms with Crippen LogP contribution in [0.2, 0.25) is 0 Å². The van der Waals surface area contributed by atoms with Crippen LogP contribution in [-0.2, 0) is 9.47 Å². The maximum atomic E-state index is 11.7. The first-order chi connectivity index (χ1) is 9.97. The molecule has 5 heteroatoms. The molecule has 1 aromatic rings. The van der Waals surface area contributed by atoms with E-state index in [1.54, 1.807) is 0 Å². The van der Waals surface area contributed by atoms with Gasteiger partial charge in [0.2, 0.25) is 11.5 Å². The fourth-order valence-electron chi connectivity index (χ4n) is 1.37. The summed E-state index contributed by atoms with van der Waals surface area (Å²) >= 11 is 0. The Labute approximate surface area is 125 Å². The van der Waals surface area contributed by atoms with Gasteiger partial charge in [-0.05, 0) is 24.0 Å². The molecule has 5 nitrogen and oxygen atoms in total. The zero-order valence-electron chi connectivity index (χ0n) is 13.2. The van der Waals surface area contributed by atoms with Crippen LogP contribution in [0.25, 0.3) is 0 Å². The van der Waals surface area contributed by atoms with Crippen molar-refractivity contribution >= 4 is 11.9 Å². The highest BCUT2D eigenvalue weighted by Crippen LogP contribution is 2.13. The van der Waals surface area contributed by atoms with Crippen LogP contribution in [0.5, 0.6) is 0 Å². The SMILES string of the molecule is CCC(C)COC(=O)c1ccc(C(=O)OCC(C)CC)o1. The molecule has 0 aromatic carbocycles. The summed E-state index contributed by atoms with van der Waals surface area (Å²) in [6.45, 7) is 8.71. The van der Waals surface area contributed by atoms with Crippen LogP contribution < -0.4 is 0 Å². The fourth-order valence-corrected chi connectivity index (χ4v) is 1.37. The first-order valence-electron chi connectivity index (χ1n) is 7.41. The van der Waals surface area contributed by atoms with Gasteiger partial charge in [-0.2, -0.15) is 0 Å². The second-order valence-electron chi connectivity index (χ2n) is 5.39. The second kappa shape index (κ2) is 8.49. The number of ether oxygens (including phenoxy) is 2. The largest absolute Gasteiger partial charge is 0.460 e. The topological polar surface area (TPSA) is 65.7 Å². The highest BCUT2D eigenvalue weighted by molar-refractivity contribution is 5.90. The van der Waals surface area contributed by atoms with E-state index in [1.165, 1.54) is 12.1 Å². The van der Waals surface area contributed by atoms with E-state index in [1.807, 2.05) is 27.7 Å². The molecule has 1 rings (SSSR count). The van der Waals surface area contributed by atoms with Gasteiger partial charge in [-0.3, -0.25) is 0 Å². The van der Waals surface area contributed by atoms with Crippen molar-refractivity contribution in [3.8, 4) is 0 Å². The molecule has 0 N–H and O–H groups in total. The minimum absolute atomic E-state index is 0.0220. The average molecular weight is 296 g/mol. The summed E-state index contributed by atoms with van der Waals surface area (Å²) < 4.78 is 15.4. The molecule has 1 heterocycles. The number of furan rings is 1. The summed E-state index contributed by atoms with van der Waals surface area (Å²) in [4.78, 5) is 23.5. The van der Waals surface area contributed by atoms with E-state index in [0.29, 0.717) is 25.0 Å². The minimum Gasteiger partial charge on any atom is -0.460 e. The zero-order chi connectivity index (χ0) is 15.8. The van der Waals surface area contributed by atoms with Crippen molar-refractivity contribution in [2.45, 2.75) is 40.5 Å². The van der Waals surface area contributed by atoms with Gasteiger partial charge in [-0.1, -0.05) is 40.5 Å². The van der Waals surface area contributed by atoms with Crippen molar-refractivity contribution in [1.29, 1.82) is 0 Å². The Morgan fingerprint density at radius 3 is 1.67 bits per heavy atom. The number of hydrogen-bond donors (Lipinski definition) is 0. The molecule has 0 aliphatic heterocycles. The standard InChI is InChI=1S/C16H24O5/c1-5-11(3)9-19-15(17)13-7-8-14(21-13)16(18)20-10-12(4)6-2/h7-8,11-12H,5-6,9-10H2,1-4H3. The zero-order valence-corrected chi connectivity index (χ0v) is 13.2. The van der Waals surface area contributed by atoms with Crippen LogP contribution in [0.1, 0.15) is 61.6 Å². The number of esters is 2. The van der Waals surface area contributed by atoms with E-state index < -0.39 is 11.9 Å². The Hall–Kier alpha value is -1.78. The van der Waals surface area contributed by atoms with E-state index >= 15 is 0 Å². The normalized spacial score (nSPS) is 13.5. The highest BCUT2D eigenvalue weighted by atomic mass is 16.6. The van der Waals surface area contributed by atoms with Crippen LogP contribution in [0.4, 0.5) is 0 Å². The molecule has 21 heavy (non-hydrogen) atoms. The molecule has 0 aliphatic rings. The lowest BCUT2D eigenvalue weighted by molar-refractivity contribution is 0.0376. The molecule has 0 bridgehead atoms. The van der Waals surface area contributed by atoms with Gasteiger partial charge in [0.25, 0.3) is 0 Å². The number of carbonyl (C=O) groups excluding carboxylic acids is 2. The third kappa shape index (κ3) is 5.61. The molecular formula is C16H24O5. The van der Waals surface area contributed by atoms with Crippen molar-refractivity contribution in [3.05, 3.63) is 23.7 Å². The molecule has 118 valence electrons. The van der Waals surface area contributed by atoms with Crippen molar-refractivity contribution in [2.75, 3.05) is 13.2 Å². The molecular weight excluding hydrogens is 272 g/mol. The Bertz CT molecular complexity index is 422. The third-order valence-corrected chi connectivity index (χ3v) is 3.40. The predicted octanol–water partition coefficient (Wildman–Crippen LogP) is 3.69. The summed E-state index contributed by atoms with van der Waals surface area (Å²) in [6, 6.07) is 2.86. The van der Waals surface area contributed by atoms with Gasteiger partial charge in [-0.25, -0.2) is 9.59 Å². The van der Waals surface area contributed by atoms with E-state index in [2.05, 4.69) is 0 Å². The molecule has 2 unspecified atom stereocenters. The van der Waals surface area contributed by atoms with E-state index in [0.717, 1.165) is 12.8 Å². The van der Waals surface area contributed by atoms with Crippen molar-refractivity contribution < 1.29 is 23.5 Å². The minimum atomic E-state index is -0.559. The number of hydrogen-bond acceptors (Lipinski definition) is 5. The van der Waals surface area contributed by atoms with E-state index in [4.69, 9.17) is 13.9 Å². The van der Waals surface area contributed by atoms with Crippen molar-refractivity contribution in [2.24, 2.45) is 11.8 Å². The van der Waals surface area contributed by atoms with E-state index in [-0.39, 0.29) is 11.5 Å². The Kier molecular flexibility index (Phi) is 6.99. The lowest BCUT2D eigenvalue weighted by Gasteiger charge is -2.08. The van der Waals surface area contributed by atoms with Gasteiger partial charge in [0.1, 0.15) is 0 Å². The summed E-state index contributed by atoms with van der Waals surface area (Å²) in [7, 11) is 0. The fraction of sp³-hybridized carbons (Fsp3) is 0.625. The summed E-state index contributed by atoms with van der Waals surface area (Å²) in [5, 5.41) is 0. The van der Waals surface area contributed by atoms with E-state index in [9.17, 15) is 9.59 Å². The molecule has 0 radical (unpaired) electrons. The van der Waals surface area contributed by atoms with Crippen molar-refractivity contribution in [3.63, 3.8) is 0 Å². The Morgan fingerprint density at radius 2 is 1.33 bits per heavy atom. The quantitative estimate of drug-likeness (QED) is 0.684. The molecule has 0 amide bonds. The second-order valence-corrected chi connectivity index (χ2v) is 5.39. The summed E-state index contributed by atoms with van der Waals surface area (Å²) in [5.74, 6) is -0.483. The van der Waals surface area contributed by atoms with Crippen LogP contribution in [0.3, 0.4) is 0 Å². The van der Waals surface area contributed by atoms with Gasteiger partial charge in [0, 0.05) is 0 Å². The summed E-state index contributed by atoms with van der Waals surface area (Å²) in [5.41, 5.74) is 0. The predicted molar refractivity (Wildman–Crippen MR) is 78.2 cm³/mol. The molecule has 2 atom stereocenters. The summed E-state index contributed by atoms with van der Waals surface area (Å²) in [6.07, 6.45) is 1.86. The first kappa shape index (κ1) is 17.3. The molecule has 0 saturated heterocycles. The number of rotatable bonds is 8. The van der Waals surface area contributed by atoms with Gasteiger partial charge >= 0.3 is 11.9 Å². The van der Waals surface area contributed by atoms with Crippen LogP contribution in [-0.4, -0.2) is 25.2 Å². The van der Waals surface area contributed by atoms with Crippen molar-refractivity contribution in [1.82, 2.24) is 0 Å². The smallest absolute Gasteiger partial charge is 0.374 e. The lowest BCUT2D eigenvalue weighted by Crippen LogP contribution is -2.12. The van der Waals surface area contributed by atoms with Gasteiger partial charge in [-0.15, -0.1) is 0 Å². The third-order valence-electron chi connectivity index (χ3n) is 3.40. The van der Waals surface area contributed by atoms with Crippen LogP contribution in [0, 0.1) is 11.8 Å². The highest BCUT2D eigenvalue weighted by Gasteiger charge is 2.18. The first-order valence-corrected chi connectivity index (χ1v) is 7.41. The molecule has 0 fully saturated rings. The van der Waals surface area contributed by atoms with Gasteiger partial charge in [0.05, 0.1) is 13.2 Å². The molecule has 1 aromatic heterocycles. The number of carbonyl (C=O) groups is 2. The molecule has 0 saturated carbocycles. The van der Waals surface area contributed by atoms with Crippen LogP contribution in [0.15, 0.2) is 16.5 Å². The molecule has 0 spiro atoms. The Balaban J connectivity index is 2.52. The van der Waals surface area contributed by atoms with Gasteiger partial charge < -0.3 is 13.9 Å². The maximum absolute atomic E-state index is 11.7. The average Bonchev–Trinajstić information content (AvgIpc) is 2.99. The van der Waals surface area contributed by atoms with Crippen LogP contribution >= 0.6 is 0 Å². The molecule has 0 aliphatic carbocycles. The lowest BCUT2D eigenvalue weighted by atomic mass is 10.1. The Morgan fingerprint density at radius 1 is 0.952 bits per heavy atom. The van der Waals surface area contributed by atoms with Gasteiger partial charge in [0.15, 0.2) is 0 Å². The monoisotopic (exact) mass is 296 g/mol. The maximum Gasteiger partial charge on any atom is 0.374 e.